The first-order valence-electron chi connectivity index (χ1n) is 6.08. The van der Waals surface area contributed by atoms with Crippen molar-refractivity contribution in [3.05, 3.63) is 54.6 Å². The van der Waals surface area contributed by atoms with Gasteiger partial charge in [-0.1, -0.05) is 42.5 Å². The second kappa shape index (κ2) is 8.03. The van der Waals surface area contributed by atoms with Crippen LogP contribution in [-0.4, -0.2) is 11.8 Å². The van der Waals surface area contributed by atoms with Crippen LogP contribution in [0.3, 0.4) is 0 Å². The van der Waals surface area contributed by atoms with Gasteiger partial charge in [-0.3, -0.25) is 4.99 Å². The van der Waals surface area contributed by atoms with Crippen molar-refractivity contribution in [3.63, 3.8) is 0 Å². The van der Waals surface area contributed by atoms with E-state index >= 15 is 0 Å². The normalized spacial score (nSPS) is 13.2. The van der Waals surface area contributed by atoms with E-state index in [9.17, 15) is 0 Å². The Morgan fingerprint density at radius 1 is 1.44 bits per heavy atom. The highest BCUT2D eigenvalue weighted by Crippen LogP contribution is 2.04. The third-order valence-electron chi connectivity index (χ3n) is 2.50. The lowest BCUT2D eigenvalue weighted by atomic mass is 10.1. The van der Waals surface area contributed by atoms with Crippen LogP contribution in [0.5, 0.6) is 0 Å². The summed E-state index contributed by atoms with van der Waals surface area (Å²) in [4.78, 5) is 4.37. The predicted octanol–water partition coefficient (Wildman–Crippen LogP) is 4.02. The summed E-state index contributed by atoms with van der Waals surface area (Å²) >= 11 is 0. The average molecular weight is 238 g/mol. The van der Waals surface area contributed by atoms with Gasteiger partial charge in [-0.25, -0.2) is 0 Å². The van der Waals surface area contributed by atoms with Crippen LogP contribution in [0, 0.1) is 11.3 Å². The molecule has 0 aliphatic rings. The topological polar surface area (TPSA) is 36.1 Å². The molecule has 2 heteroatoms. The maximum Gasteiger partial charge on any atom is 0.135 e. The van der Waals surface area contributed by atoms with E-state index in [1.165, 1.54) is 0 Å². The molecule has 0 N–H and O–H groups in total. The van der Waals surface area contributed by atoms with Crippen LogP contribution < -0.4 is 0 Å². The van der Waals surface area contributed by atoms with E-state index in [1.807, 2.05) is 49.4 Å². The van der Waals surface area contributed by atoms with Crippen molar-refractivity contribution in [1.82, 2.24) is 0 Å². The van der Waals surface area contributed by atoms with Crippen LogP contribution in [0.2, 0.25) is 0 Å². The van der Waals surface area contributed by atoms with E-state index < -0.39 is 0 Å². The molecule has 0 spiro atoms. The van der Waals surface area contributed by atoms with Crippen LogP contribution >= 0.6 is 0 Å². The van der Waals surface area contributed by atoms with Gasteiger partial charge in [0.05, 0.1) is 0 Å². The van der Waals surface area contributed by atoms with Crippen molar-refractivity contribution in [1.29, 1.82) is 5.26 Å². The van der Waals surface area contributed by atoms with Crippen LogP contribution in [-0.2, 0) is 0 Å². The standard InChI is InChI=1S/C16H18N2/c1-3-4-8-14(2)18-16(13-17)12-11-15-9-6-5-7-10-15/h3,5-7,9-12,14H,1,4,8H2,2H3/b12-11+,18-16?. The summed E-state index contributed by atoms with van der Waals surface area (Å²) in [5, 5.41) is 9.03. The molecule has 1 aromatic rings. The molecule has 0 aliphatic heterocycles. The van der Waals surface area contributed by atoms with E-state index in [2.05, 4.69) is 17.6 Å². The predicted molar refractivity (Wildman–Crippen MR) is 77.4 cm³/mol. The second-order valence-corrected chi connectivity index (χ2v) is 4.09. The van der Waals surface area contributed by atoms with Gasteiger partial charge in [0, 0.05) is 6.04 Å². The quantitative estimate of drug-likeness (QED) is 0.544. The van der Waals surface area contributed by atoms with E-state index in [-0.39, 0.29) is 6.04 Å². The maximum absolute atomic E-state index is 9.03. The average Bonchev–Trinajstić information content (AvgIpc) is 2.42. The van der Waals surface area contributed by atoms with Gasteiger partial charge >= 0.3 is 0 Å². The molecule has 0 bridgehead atoms. The number of nitrogens with zero attached hydrogens (tertiary/aromatic N) is 2. The molecule has 1 atom stereocenters. The summed E-state index contributed by atoms with van der Waals surface area (Å²) in [6.45, 7) is 5.69. The molecular weight excluding hydrogens is 220 g/mol. The highest BCUT2D eigenvalue weighted by atomic mass is 14.8. The van der Waals surface area contributed by atoms with Crippen LogP contribution in [0.1, 0.15) is 25.3 Å². The summed E-state index contributed by atoms with van der Waals surface area (Å²) in [6.07, 6.45) is 7.39. The molecule has 0 aliphatic carbocycles. The lowest BCUT2D eigenvalue weighted by molar-refractivity contribution is 0.680. The van der Waals surface area contributed by atoms with Gasteiger partial charge in [0.25, 0.3) is 0 Å². The number of hydrogen-bond donors (Lipinski definition) is 0. The first kappa shape index (κ1) is 13.9. The molecule has 92 valence electrons. The van der Waals surface area contributed by atoms with Crippen molar-refractivity contribution >= 4 is 11.8 Å². The summed E-state index contributed by atoms with van der Waals surface area (Å²) in [7, 11) is 0. The summed E-state index contributed by atoms with van der Waals surface area (Å²) < 4.78 is 0. The van der Waals surface area contributed by atoms with Gasteiger partial charge in [0.15, 0.2) is 0 Å². The zero-order valence-corrected chi connectivity index (χ0v) is 10.7. The summed E-state index contributed by atoms with van der Waals surface area (Å²) in [5.74, 6) is 0. The highest BCUT2D eigenvalue weighted by Gasteiger charge is 1.99. The third kappa shape index (κ3) is 5.27. The smallest absolute Gasteiger partial charge is 0.135 e. The zero-order chi connectivity index (χ0) is 13.2. The van der Waals surface area contributed by atoms with E-state index in [0.29, 0.717) is 5.71 Å². The first-order chi connectivity index (χ1) is 8.76. The Labute approximate surface area is 109 Å². The van der Waals surface area contributed by atoms with Crippen molar-refractivity contribution in [2.75, 3.05) is 0 Å². The van der Waals surface area contributed by atoms with Crippen LogP contribution in [0.15, 0.2) is 54.1 Å². The first-order valence-corrected chi connectivity index (χ1v) is 6.08. The molecule has 0 aromatic heterocycles. The van der Waals surface area contributed by atoms with Crippen LogP contribution in [0.4, 0.5) is 0 Å². The highest BCUT2D eigenvalue weighted by molar-refractivity contribution is 6.09. The van der Waals surface area contributed by atoms with Crippen molar-refractivity contribution in [3.8, 4) is 6.07 Å². The maximum atomic E-state index is 9.03. The Morgan fingerprint density at radius 2 is 2.17 bits per heavy atom. The Balaban J connectivity index is 2.67. The van der Waals surface area contributed by atoms with Crippen molar-refractivity contribution < 1.29 is 0 Å². The fraction of sp³-hybridized carbons (Fsp3) is 0.250. The lowest BCUT2D eigenvalue weighted by Crippen LogP contribution is -2.01. The van der Waals surface area contributed by atoms with Gasteiger partial charge in [-0.05, 0) is 31.4 Å². The SMILES string of the molecule is C=CCCC(C)N=C(C#N)/C=C/c1ccccc1. The fourth-order valence-electron chi connectivity index (χ4n) is 1.51. The molecule has 0 fully saturated rings. The second-order valence-electron chi connectivity index (χ2n) is 4.09. The molecular formula is C16H18N2. The van der Waals surface area contributed by atoms with E-state index in [4.69, 9.17) is 5.26 Å². The minimum atomic E-state index is 0.151. The summed E-state index contributed by atoms with van der Waals surface area (Å²) in [5.41, 5.74) is 1.54. The van der Waals surface area contributed by atoms with Gasteiger partial charge in [0.1, 0.15) is 11.8 Å². The number of allylic oxidation sites excluding steroid dienone is 2. The molecule has 2 nitrogen and oxygen atoms in total. The molecule has 0 saturated heterocycles. The van der Waals surface area contributed by atoms with Gasteiger partial charge in [0.2, 0.25) is 0 Å². The Bertz CT molecular complexity index is 464. The van der Waals surface area contributed by atoms with Gasteiger partial charge in [-0.2, -0.15) is 5.26 Å². The molecule has 0 heterocycles. The molecule has 0 radical (unpaired) electrons. The number of nitriles is 1. The Hall–Kier alpha value is -2.14. The Morgan fingerprint density at radius 3 is 2.78 bits per heavy atom. The van der Waals surface area contributed by atoms with Crippen molar-refractivity contribution in [2.24, 2.45) is 4.99 Å². The number of aliphatic imine (C=N–C) groups is 1. The third-order valence-corrected chi connectivity index (χ3v) is 2.50. The molecule has 1 unspecified atom stereocenters. The zero-order valence-electron chi connectivity index (χ0n) is 10.7. The number of rotatable bonds is 6. The molecule has 18 heavy (non-hydrogen) atoms. The molecule has 1 rings (SSSR count). The lowest BCUT2D eigenvalue weighted by Gasteiger charge is -2.03. The monoisotopic (exact) mass is 238 g/mol. The largest absolute Gasteiger partial charge is 0.271 e. The number of benzene rings is 1. The van der Waals surface area contributed by atoms with Crippen LogP contribution in [0.25, 0.3) is 6.08 Å². The van der Waals surface area contributed by atoms with E-state index in [0.717, 1.165) is 18.4 Å². The van der Waals surface area contributed by atoms with Gasteiger partial charge in [-0.15, -0.1) is 6.58 Å². The fourth-order valence-corrected chi connectivity index (χ4v) is 1.51. The molecule has 0 amide bonds. The van der Waals surface area contributed by atoms with E-state index in [1.54, 1.807) is 6.08 Å². The minimum absolute atomic E-state index is 0.151. The van der Waals surface area contributed by atoms with Crippen molar-refractivity contribution in [2.45, 2.75) is 25.8 Å². The number of hydrogen-bond acceptors (Lipinski definition) is 2. The summed E-state index contributed by atoms with van der Waals surface area (Å²) in [6, 6.07) is 12.2. The Kier molecular flexibility index (Phi) is 6.21. The molecule has 1 aromatic carbocycles. The minimum Gasteiger partial charge on any atom is -0.271 e. The molecule has 0 saturated carbocycles. The van der Waals surface area contributed by atoms with Gasteiger partial charge < -0.3 is 0 Å².